The highest BCUT2D eigenvalue weighted by molar-refractivity contribution is 6.03. The highest BCUT2D eigenvalue weighted by atomic mass is 16.5. The smallest absolute Gasteiger partial charge is 0.324 e. The van der Waals surface area contributed by atoms with Gasteiger partial charge in [0.1, 0.15) is 0 Å². The van der Waals surface area contributed by atoms with Gasteiger partial charge in [-0.3, -0.25) is 14.4 Å². The lowest BCUT2D eigenvalue weighted by Crippen LogP contribution is -2.43. The summed E-state index contributed by atoms with van der Waals surface area (Å²) in [7, 11) is 3.32. The van der Waals surface area contributed by atoms with Crippen LogP contribution in [0, 0.1) is 17.8 Å². The van der Waals surface area contributed by atoms with Crippen molar-refractivity contribution >= 4 is 17.9 Å². The second kappa shape index (κ2) is 6.53. The van der Waals surface area contributed by atoms with E-state index in [9.17, 15) is 14.4 Å². The maximum absolute atomic E-state index is 11.6. The van der Waals surface area contributed by atoms with Crippen LogP contribution in [0.4, 0.5) is 0 Å². The lowest BCUT2D eigenvalue weighted by molar-refractivity contribution is -0.173. The Balaban J connectivity index is 5.40. The van der Waals surface area contributed by atoms with Crippen molar-refractivity contribution in [3.63, 3.8) is 0 Å². The van der Waals surface area contributed by atoms with E-state index >= 15 is 0 Å². The third-order valence-electron chi connectivity index (χ3n) is 2.23. The van der Waals surface area contributed by atoms with Crippen molar-refractivity contribution in [2.75, 3.05) is 21.3 Å². The van der Waals surface area contributed by atoms with Crippen molar-refractivity contribution in [1.82, 2.24) is 0 Å². The van der Waals surface area contributed by atoms with E-state index in [1.54, 1.807) is 0 Å². The minimum absolute atomic E-state index is 0.304. The van der Waals surface area contributed by atoms with Crippen molar-refractivity contribution < 1.29 is 28.6 Å². The van der Waals surface area contributed by atoms with Gasteiger partial charge in [-0.1, -0.05) is 0 Å². The summed E-state index contributed by atoms with van der Waals surface area (Å²) in [6, 6.07) is 0. The summed E-state index contributed by atoms with van der Waals surface area (Å²) in [5, 5.41) is 0. The fourth-order valence-electron chi connectivity index (χ4n) is 1.32. The molecule has 0 N–H and O–H groups in total. The number of methoxy groups -OCH3 is 3. The molecule has 0 aromatic carbocycles. The van der Waals surface area contributed by atoms with Gasteiger partial charge in [-0.15, -0.1) is 12.3 Å². The third-order valence-corrected chi connectivity index (χ3v) is 2.23. The van der Waals surface area contributed by atoms with E-state index in [2.05, 4.69) is 20.1 Å². The van der Waals surface area contributed by atoms with Crippen molar-refractivity contribution in [1.29, 1.82) is 0 Å². The molecule has 0 fully saturated rings. The average Bonchev–Trinajstić information content (AvgIpc) is 2.35. The number of hydrogen-bond acceptors (Lipinski definition) is 6. The van der Waals surface area contributed by atoms with E-state index in [0.717, 1.165) is 21.3 Å². The van der Waals surface area contributed by atoms with Gasteiger partial charge in [0.2, 0.25) is 0 Å². The van der Waals surface area contributed by atoms with Gasteiger partial charge in [0, 0.05) is 6.42 Å². The topological polar surface area (TPSA) is 78.9 Å². The number of terminal acetylenes is 1. The maximum atomic E-state index is 11.6. The minimum atomic E-state index is -1.84. The van der Waals surface area contributed by atoms with Gasteiger partial charge >= 0.3 is 17.9 Å². The molecule has 0 heterocycles. The molecule has 0 aliphatic carbocycles. The Morgan fingerprint density at radius 3 is 1.82 bits per heavy atom. The first-order chi connectivity index (χ1) is 7.98. The predicted octanol–water partition coefficient (Wildman–Crippen LogP) is -0.0948. The van der Waals surface area contributed by atoms with Crippen LogP contribution in [0.15, 0.2) is 0 Å². The Kier molecular flexibility index (Phi) is 5.75. The zero-order valence-corrected chi connectivity index (χ0v) is 9.94. The van der Waals surface area contributed by atoms with Crippen LogP contribution in [0.5, 0.6) is 0 Å². The van der Waals surface area contributed by atoms with Crippen LogP contribution in [-0.4, -0.2) is 39.2 Å². The van der Waals surface area contributed by atoms with Gasteiger partial charge in [0.05, 0.1) is 27.8 Å². The van der Waals surface area contributed by atoms with E-state index in [-0.39, 0.29) is 6.42 Å². The van der Waals surface area contributed by atoms with E-state index in [1.807, 2.05) is 0 Å². The molecule has 0 aromatic rings. The Morgan fingerprint density at radius 2 is 1.53 bits per heavy atom. The summed E-state index contributed by atoms with van der Waals surface area (Å²) in [6.07, 6.45) is 4.27. The lowest BCUT2D eigenvalue weighted by Gasteiger charge is -2.24. The molecular weight excluding hydrogens is 228 g/mol. The molecule has 94 valence electrons. The molecule has 0 aliphatic heterocycles. The van der Waals surface area contributed by atoms with Crippen LogP contribution in [-0.2, 0) is 28.6 Å². The molecule has 0 rings (SSSR count). The van der Waals surface area contributed by atoms with Gasteiger partial charge in [-0.25, -0.2) is 0 Å². The summed E-state index contributed by atoms with van der Waals surface area (Å²) in [4.78, 5) is 34.5. The Hall–Kier alpha value is -2.03. The largest absolute Gasteiger partial charge is 0.469 e. The zero-order valence-electron chi connectivity index (χ0n) is 9.94. The molecule has 0 atom stereocenters. The predicted molar refractivity (Wildman–Crippen MR) is 56.5 cm³/mol. The molecule has 0 amide bonds. The van der Waals surface area contributed by atoms with Crippen molar-refractivity contribution in [2.24, 2.45) is 5.41 Å². The summed E-state index contributed by atoms with van der Waals surface area (Å²) >= 11 is 0. The minimum Gasteiger partial charge on any atom is -0.469 e. The molecule has 6 heteroatoms. The SMILES string of the molecule is C#CCC(CC(=O)OC)(C(=O)OC)C(=O)OC. The van der Waals surface area contributed by atoms with Gasteiger partial charge < -0.3 is 14.2 Å². The fourth-order valence-corrected chi connectivity index (χ4v) is 1.32. The molecule has 0 saturated carbocycles. The Bertz CT molecular complexity index is 335. The number of carbonyl (C=O) groups excluding carboxylic acids is 3. The van der Waals surface area contributed by atoms with Crippen molar-refractivity contribution in [3.05, 3.63) is 0 Å². The molecule has 0 saturated heterocycles. The number of hydrogen-bond donors (Lipinski definition) is 0. The number of ether oxygens (including phenoxy) is 3. The van der Waals surface area contributed by atoms with E-state index in [4.69, 9.17) is 6.42 Å². The Morgan fingerprint density at radius 1 is 1.06 bits per heavy atom. The van der Waals surface area contributed by atoms with E-state index in [0.29, 0.717) is 0 Å². The molecule has 0 unspecified atom stereocenters. The number of carbonyl (C=O) groups is 3. The van der Waals surface area contributed by atoms with Gasteiger partial charge in [-0.05, 0) is 0 Å². The second-order valence-corrected chi connectivity index (χ2v) is 3.20. The van der Waals surface area contributed by atoms with Crippen LogP contribution >= 0.6 is 0 Å². The van der Waals surface area contributed by atoms with Crippen LogP contribution < -0.4 is 0 Å². The second-order valence-electron chi connectivity index (χ2n) is 3.20. The number of esters is 3. The van der Waals surface area contributed by atoms with E-state index < -0.39 is 29.7 Å². The first kappa shape index (κ1) is 15.0. The van der Waals surface area contributed by atoms with Gasteiger partial charge in [-0.2, -0.15) is 0 Å². The highest BCUT2D eigenvalue weighted by Crippen LogP contribution is 2.30. The molecule has 0 aromatic heterocycles. The molecule has 0 radical (unpaired) electrons. The molecule has 0 bridgehead atoms. The summed E-state index contributed by atoms with van der Waals surface area (Å²) < 4.78 is 13.4. The van der Waals surface area contributed by atoms with Crippen LogP contribution in [0.3, 0.4) is 0 Å². The number of rotatable bonds is 5. The van der Waals surface area contributed by atoms with Crippen LogP contribution in [0.25, 0.3) is 0 Å². The maximum Gasteiger partial charge on any atom is 0.324 e. The molecule has 0 spiro atoms. The lowest BCUT2D eigenvalue weighted by atomic mass is 9.81. The summed E-state index contributed by atoms with van der Waals surface area (Å²) in [5.74, 6) is -0.441. The third kappa shape index (κ3) is 3.21. The normalized spacial score (nSPS) is 10.0. The Labute approximate surface area is 99.2 Å². The van der Waals surface area contributed by atoms with E-state index in [1.165, 1.54) is 0 Å². The highest BCUT2D eigenvalue weighted by Gasteiger charge is 2.50. The average molecular weight is 242 g/mol. The molecule has 0 aliphatic rings. The van der Waals surface area contributed by atoms with Crippen molar-refractivity contribution in [2.45, 2.75) is 12.8 Å². The van der Waals surface area contributed by atoms with Gasteiger partial charge in [0.15, 0.2) is 5.41 Å². The molecular formula is C11H14O6. The van der Waals surface area contributed by atoms with Crippen LogP contribution in [0.2, 0.25) is 0 Å². The first-order valence-corrected chi connectivity index (χ1v) is 4.65. The zero-order chi connectivity index (χ0) is 13.5. The standard InChI is InChI=1S/C11H14O6/c1-5-6-11(9(13)16-3,10(14)17-4)7-8(12)15-2/h1H,6-7H2,2-4H3. The first-order valence-electron chi connectivity index (χ1n) is 4.65. The molecule has 17 heavy (non-hydrogen) atoms. The fraction of sp³-hybridized carbons (Fsp3) is 0.545. The summed E-state index contributed by atoms with van der Waals surface area (Å²) in [5.41, 5.74) is -1.84. The molecule has 6 nitrogen and oxygen atoms in total. The quantitative estimate of drug-likeness (QED) is 0.290. The van der Waals surface area contributed by atoms with Crippen LogP contribution in [0.1, 0.15) is 12.8 Å². The van der Waals surface area contributed by atoms with Gasteiger partial charge in [0.25, 0.3) is 0 Å². The summed E-state index contributed by atoms with van der Waals surface area (Å²) in [6.45, 7) is 0. The van der Waals surface area contributed by atoms with Crippen molar-refractivity contribution in [3.8, 4) is 12.3 Å². The monoisotopic (exact) mass is 242 g/mol.